The van der Waals surface area contributed by atoms with E-state index in [4.69, 9.17) is 0 Å². The molecule has 31 heavy (non-hydrogen) atoms. The number of amides is 1. The van der Waals surface area contributed by atoms with Crippen LogP contribution in [-0.4, -0.2) is 50.0 Å². The van der Waals surface area contributed by atoms with Crippen molar-refractivity contribution in [2.45, 2.75) is 18.2 Å². The number of rotatable bonds is 8. The van der Waals surface area contributed by atoms with E-state index in [0.717, 1.165) is 21.1 Å². The lowest BCUT2D eigenvalue weighted by Gasteiger charge is -2.12. The number of nitrogens with zero attached hydrogens (tertiary/aromatic N) is 2. The van der Waals surface area contributed by atoms with Crippen LogP contribution in [0.2, 0.25) is 0 Å². The van der Waals surface area contributed by atoms with Gasteiger partial charge >= 0.3 is 0 Å². The molecule has 0 atom stereocenters. The van der Waals surface area contributed by atoms with Crippen molar-refractivity contribution >= 4 is 33.1 Å². The van der Waals surface area contributed by atoms with E-state index < -0.39 is 15.9 Å². The molecule has 0 saturated carbocycles. The van der Waals surface area contributed by atoms with Gasteiger partial charge < -0.3 is 5.32 Å². The highest BCUT2D eigenvalue weighted by Gasteiger charge is 2.19. The molecule has 1 amide bonds. The molecule has 1 heterocycles. The van der Waals surface area contributed by atoms with Gasteiger partial charge in [-0.15, -0.1) is 11.3 Å². The van der Waals surface area contributed by atoms with Gasteiger partial charge in [-0.3, -0.25) is 9.59 Å². The van der Waals surface area contributed by atoms with Crippen molar-refractivity contribution in [2.24, 2.45) is 0 Å². The van der Waals surface area contributed by atoms with Crippen LogP contribution < -0.4 is 5.32 Å². The van der Waals surface area contributed by atoms with E-state index in [9.17, 15) is 18.0 Å². The largest absolute Gasteiger partial charge is 0.345 e. The Morgan fingerprint density at radius 2 is 1.84 bits per heavy atom. The number of ketones is 1. The van der Waals surface area contributed by atoms with Gasteiger partial charge in [-0.05, 0) is 31.2 Å². The zero-order valence-corrected chi connectivity index (χ0v) is 19.1. The van der Waals surface area contributed by atoms with Crippen LogP contribution in [0.3, 0.4) is 0 Å². The van der Waals surface area contributed by atoms with Gasteiger partial charge in [0.05, 0.1) is 23.6 Å². The second-order valence-electron chi connectivity index (χ2n) is 7.21. The highest BCUT2D eigenvalue weighted by atomic mass is 32.2. The summed E-state index contributed by atoms with van der Waals surface area (Å²) >= 11 is 1.40. The number of hydrogen-bond donors (Lipinski definition) is 1. The molecule has 0 spiro atoms. The highest BCUT2D eigenvalue weighted by molar-refractivity contribution is 7.89. The van der Waals surface area contributed by atoms with Gasteiger partial charge in [-0.25, -0.2) is 17.7 Å². The number of nitrogens with one attached hydrogen (secondary N) is 1. The molecule has 9 heteroatoms. The molecule has 1 N–H and O–H groups in total. The monoisotopic (exact) mass is 457 g/mol. The average molecular weight is 458 g/mol. The van der Waals surface area contributed by atoms with Crippen molar-refractivity contribution in [3.8, 4) is 11.3 Å². The Morgan fingerprint density at radius 1 is 1.10 bits per heavy atom. The van der Waals surface area contributed by atoms with Crippen molar-refractivity contribution in [1.82, 2.24) is 14.6 Å². The first-order valence-corrected chi connectivity index (χ1v) is 11.8. The van der Waals surface area contributed by atoms with Crippen molar-refractivity contribution in [3.63, 3.8) is 0 Å². The molecular formula is C22H23N3O4S2. The van der Waals surface area contributed by atoms with Crippen LogP contribution in [0.4, 0.5) is 0 Å². The maximum atomic E-state index is 12.4. The zero-order chi connectivity index (χ0) is 22.6. The summed E-state index contributed by atoms with van der Waals surface area (Å²) in [6.07, 6.45) is 0.117. The SMILES string of the molecule is Cc1cccc(-c2csc(CC(=O)CNC(=O)c3cccc(S(=O)(=O)N(C)C)c3)n2)c1. The summed E-state index contributed by atoms with van der Waals surface area (Å²) in [5.74, 6) is -0.695. The minimum atomic E-state index is -3.65. The Hall–Kier alpha value is -2.88. The van der Waals surface area contributed by atoms with E-state index in [2.05, 4.69) is 10.3 Å². The third kappa shape index (κ3) is 5.63. The van der Waals surface area contributed by atoms with Crippen LogP contribution in [0.25, 0.3) is 11.3 Å². The van der Waals surface area contributed by atoms with Crippen molar-refractivity contribution in [1.29, 1.82) is 0 Å². The lowest BCUT2D eigenvalue weighted by Crippen LogP contribution is -2.30. The predicted octanol–water partition coefficient (Wildman–Crippen LogP) is 2.91. The number of aryl methyl sites for hydroxylation is 1. The number of carbonyl (C=O) groups excluding carboxylic acids is 2. The normalized spacial score (nSPS) is 11.5. The molecule has 0 aliphatic carbocycles. The van der Waals surface area contributed by atoms with Gasteiger partial charge in [0.1, 0.15) is 5.01 Å². The second kappa shape index (κ2) is 9.51. The quantitative estimate of drug-likeness (QED) is 0.561. The fraction of sp³-hybridized carbons (Fsp3) is 0.227. The summed E-state index contributed by atoms with van der Waals surface area (Å²) in [4.78, 5) is 29.2. The molecule has 7 nitrogen and oxygen atoms in total. The van der Waals surface area contributed by atoms with Crippen molar-refractivity contribution < 1.29 is 18.0 Å². The number of carbonyl (C=O) groups is 2. The van der Waals surface area contributed by atoms with Gasteiger partial charge in [0.25, 0.3) is 5.91 Å². The number of Topliss-reactive ketones (excluding diaryl/α,β-unsaturated/α-hetero) is 1. The Morgan fingerprint density at radius 3 is 2.55 bits per heavy atom. The number of aromatic nitrogens is 1. The standard InChI is InChI=1S/C22H23N3O4S2/c1-15-6-4-7-16(10-15)20-14-30-21(24-20)12-18(26)13-23-22(27)17-8-5-9-19(11-17)31(28,29)25(2)3/h4-11,14H,12-13H2,1-3H3,(H,23,27). The maximum absolute atomic E-state index is 12.4. The summed E-state index contributed by atoms with van der Waals surface area (Å²) in [6.45, 7) is 1.84. The lowest BCUT2D eigenvalue weighted by molar-refractivity contribution is -0.117. The van der Waals surface area contributed by atoms with Crippen molar-refractivity contribution in [2.75, 3.05) is 20.6 Å². The molecule has 0 radical (unpaired) electrons. The van der Waals surface area contributed by atoms with Gasteiger partial charge in [0, 0.05) is 30.6 Å². The van der Waals surface area contributed by atoms with Gasteiger partial charge in [-0.1, -0.05) is 29.8 Å². The zero-order valence-electron chi connectivity index (χ0n) is 17.5. The van der Waals surface area contributed by atoms with Crippen molar-refractivity contribution in [3.05, 3.63) is 70.0 Å². The Balaban J connectivity index is 1.60. The van der Waals surface area contributed by atoms with Crippen LogP contribution in [0.5, 0.6) is 0 Å². The Labute approximate surface area is 185 Å². The van der Waals surface area contributed by atoms with E-state index in [1.165, 1.54) is 49.7 Å². The molecule has 3 aromatic rings. The third-order valence-corrected chi connectivity index (χ3v) is 7.19. The predicted molar refractivity (Wildman–Crippen MR) is 121 cm³/mol. The molecule has 0 aliphatic rings. The third-order valence-electron chi connectivity index (χ3n) is 4.53. The van der Waals surface area contributed by atoms with E-state index >= 15 is 0 Å². The van der Waals surface area contributed by atoms with Gasteiger partial charge in [0.2, 0.25) is 10.0 Å². The summed E-state index contributed by atoms with van der Waals surface area (Å²) in [7, 11) is -0.808. The molecule has 0 saturated heterocycles. The summed E-state index contributed by atoms with van der Waals surface area (Å²) in [5, 5.41) is 5.14. The Kier molecular flexibility index (Phi) is 6.99. The molecular weight excluding hydrogens is 434 g/mol. The van der Waals surface area contributed by atoms with Crippen LogP contribution in [0.1, 0.15) is 20.9 Å². The number of thiazole rings is 1. The first-order valence-electron chi connectivity index (χ1n) is 9.51. The fourth-order valence-corrected chi connectivity index (χ4v) is 4.63. The topological polar surface area (TPSA) is 96.4 Å². The lowest BCUT2D eigenvalue weighted by atomic mass is 10.1. The van der Waals surface area contributed by atoms with Crippen LogP contribution in [-0.2, 0) is 21.2 Å². The first kappa shape index (κ1) is 22.8. The molecule has 2 aromatic carbocycles. The van der Waals surface area contributed by atoms with E-state index in [1.807, 2.05) is 36.6 Å². The molecule has 0 bridgehead atoms. The fourth-order valence-electron chi connectivity index (χ4n) is 2.85. The van der Waals surface area contributed by atoms with Gasteiger partial charge in [-0.2, -0.15) is 0 Å². The first-order chi connectivity index (χ1) is 14.7. The average Bonchev–Trinajstić information content (AvgIpc) is 3.20. The Bertz CT molecular complexity index is 1220. The summed E-state index contributed by atoms with van der Waals surface area (Å²) in [5.41, 5.74) is 3.12. The molecule has 0 aliphatic heterocycles. The summed E-state index contributed by atoms with van der Waals surface area (Å²) in [6, 6.07) is 13.7. The molecule has 3 rings (SSSR count). The number of sulfonamides is 1. The van der Waals surface area contributed by atoms with Crippen LogP contribution in [0, 0.1) is 6.92 Å². The number of benzene rings is 2. The summed E-state index contributed by atoms with van der Waals surface area (Å²) < 4.78 is 25.5. The van der Waals surface area contributed by atoms with Gasteiger partial charge in [0.15, 0.2) is 5.78 Å². The molecule has 0 fully saturated rings. The molecule has 0 unspecified atom stereocenters. The maximum Gasteiger partial charge on any atom is 0.251 e. The van der Waals surface area contributed by atoms with Crippen LogP contribution >= 0.6 is 11.3 Å². The highest BCUT2D eigenvalue weighted by Crippen LogP contribution is 2.23. The van der Waals surface area contributed by atoms with E-state index in [0.29, 0.717) is 5.01 Å². The van der Waals surface area contributed by atoms with Crippen LogP contribution in [0.15, 0.2) is 58.8 Å². The number of hydrogen-bond acceptors (Lipinski definition) is 6. The van der Waals surface area contributed by atoms with E-state index in [1.54, 1.807) is 0 Å². The second-order valence-corrected chi connectivity index (χ2v) is 10.3. The van der Waals surface area contributed by atoms with E-state index in [-0.39, 0.29) is 29.2 Å². The molecule has 162 valence electrons. The minimum Gasteiger partial charge on any atom is -0.345 e. The minimum absolute atomic E-state index is 0.0166. The smallest absolute Gasteiger partial charge is 0.251 e. The molecule has 1 aromatic heterocycles.